The van der Waals surface area contributed by atoms with Crippen LogP contribution in [0.4, 0.5) is 0 Å². The van der Waals surface area contributed by atoms with E-state index in [0.29, 0.717) is 13.2 Å². The highest BCUT2D eigenvalue weighted by atomic mass is 35.5. The fourth-order valence-electron chi connectivity index (χ4n) is 1.65. The minimum atomic E-state index is -2.75. The Hall–Kier alpha value is -0.473. The average molecular weight is 307 g/mol. The standard InChI is InChI=1S/C12H22N2O3Si.ClH/c1-15-18(16-2,12-6-4-3-5-7-12)17-11-10-14-9-8-13;/h3-7,14H,8-11,13H2,1-2H3;1H. The van der Waals surface area contributed by atoms with Crippen molar-refractivity contribution >= 4 is 26.4 Å². The Balaban J connectivity index is 0.00000324. The lowest BCUT2D eigenvalue weighted by atomic mass is 10.4. The van der Waals surface area contributed by atoms with Crippen LogP contribution < -0.4 is 16.2 Å². The van der Waals surface area contributed by atoms with E-state index < -0.39 is 8.80 Å². The lowest BCUT2D eigenvalue weighted by Crippen LogP contribution is -2.56. The van der Waals surface area contributed by atoms with Gasteiger partial charge in [0, 0.05) is 39.0 Å². The molecule has 0 bridgehead atoms. The number of nitrogens with two attached hydrogens (primary N) is 1. The van der Waals surface area contributed by atoms with Crippen molar-refractivity contribution in [3.05, 3.63) is 30.3 Å². The molecule has 0 amide bonds. The maximum atomic E-state index is 5.85. The third-order valence-corrected chi connectivity index (χ3v) is 5.26. The van der Waals surface area contributed by atoms with Crippen molar-refractivity contribution in [2.45, 2.75) is 0 Å². The van der Waals surface area contributed by atoms with Crippen LogP contribution in [0.25, 0.3) is 0 Å². The molecule has 0 atom stereocenters. The number of halogens is 1. The first-order chi connectivity index (χ1) is 8.79. The van der Waals surface area contributed by atoms with E-state index in [0.717, 1.165) is 18.3 Å². The highest BCUT2D eigenvalue weighted by Crippen LogP contribution is 2.07. The van der Waals surface area contributed by atoms with Crippen LogP contribution in [-0.4, -0.2) is 49.3 Å². The number of hydrogen-bond donors (Lipinski definition) is 2. The Morgan fingerprint density at radius 1 is 1.11 bits per heavy atom. The maximum Gasteiger partial charge on any atom is 0.536 e. The molecule has 0 spiro atoms. The molecule has 1 aromatic carbocycles. The molecule has 0 saturated carbocycles. The van der Waals surface area contributed by atoms with Crippen LogP contribution in [-0.2, 0) is 13.3 Å². The van der Waals surface area contributed by atoms with Crippen molar-refractivity contribution in [1.82, 2.24) is 5.32 Å². The van der Waals surface area contributed by atoms with Crippen LogP contribution in [0.2, 0.25) is 0 Å². The molecule has 0 saturated heterocycles. The van der Waals surface area contributed by atoms with Crippen molar-refractivity contribution in [2.24, 2.45) is 5.73 Å². The Kier molecular flexibility index (Phi) is 10.1. The van der Waals surface area contributed by atoms with Gasteiger partial charge in [0.25, 0.3) is 0 Å². The maximum absolute atomic E-state index is 5.85. The van der Waals surface area contributed by atoms with Gasteiger partial charge in [-0.1, -0.05) is 30.3 Å². The molecule has 0 aliphatic rings. The fraction of sp³-hybridized carbons (Fsp3) is 0.500. The lowest BCUT2D eigenvalue weighted by Gasteiger charge is -2.26. The van der Waals surface area contributed by atoms with Crippen molar-refractivity contribution < 1.29 is 13.3 Å². The minimum absolute atomic E-state index is 0. The van der Waals surface area contributed by atoms with Crippen LogP contribution in [0.1, 0.15) is 0 Å². The number of benzene rings is 1. The topological polar surface area (TPSA) is 65.7 Å². The first kappa shape index (κ1) is 18.5. The minimum Gasteiger partial charge on any atom is -0.373 e. The second-order valence-corrected chi connectivity index (χ2v) is 6.51. The van der Waals surface area contributed by atoms with Gasteiger partial charge < -0.3 is 24.3 Å². The van der Waals surface area contributed by atoms with E-state index >= 15 is 0 Å². The van der Waals surface area contributed by atoms with Gasteiger partial charge in [-0.05, 0) is 0 Å². The highest BCUT2D eigenvalue weighted by molar-refractivity contribution is 6.75. The summed E-state index contributed by atoms with van der Waals surface area (Å²) in [4.78, 5) is 0. The third-order valence-electron chi connectivity index (χ3n) is 2.56. The van der Waals surface area contributed by atoms with E-state index in [-0.39, 0.29) is 12.4 Å². The van der Waals surface area contributed by atoms with E-state index in [9.17, 15) is 0 Å². The van der Waals surface area contributed by atoms with Crippen molar-refractivity contribution in [3.8, 4) is 0 Å². The molecule has 0 aromatic heterocycles. The molecule has 110 valence electrons. The van der Waals surface area contributed by atoms with E-state index in [1.165, 1.54) is 0 Å². The zero-order valence-corrected chi connectivity index (χ0v) is 13.2. The summed E-state index contributed by atoms with van der Waals surface area (Å²) >= 11 is 0. The van der Waals surface area contributed by atoms with Crippen molar-refractivity contribution in [1.29, 1.82) is 0 Å². The summed E-state index contributed by atoms with van der Waals surface area (Å²) in [5.41, 5.74) is 5.40. The quantitative estimate of drug-likeness (QED) is 0.501. The van der Waals surface area contributed by atoms with Gasteiger partial charge in [0.15, 0.2) is 0 Å². The van der Waals surface area contributed by atoms with Crippen LogP contribution >= 0.6 is 12.4 Å². The Bertz CT molecular complexity index is 326. The summed E-state index contributed by atoms with van der Waals surface area (Å²) in [5, 5.41) is 4.13. The summed E-state index contributed by atoms with van der Waals surface area (Å²) in [5.74, 6) is 0. The number of rotatable bonds is 9. The van der Waals surface area contributed by atoms with Crippen molar-refractivity contribution in [3.63, 3.8) is 0 Å². The molecule has 3 N–H and O–H groups in total. The Morgan fingerprint density at radius 3 is 2.26 bits per heavy atom. The molecule has 1 rings (SSSR count). The van der Waals surface area contributed by atoms with Gasteiger partial charge in [-0.15, -0.1) is 12.4 Å². The molecule has 1 aromatic rings. The van der Waals surface area contributed by atoms with Crippen LogP contribution in [0.15, 0.2) is 30.3 Å². The van der Waals surface area contributed by atoms with E-state index in [2.05, 4.69) is 5.32 Å². The fourth-order valence-corrected chi connectivity index (χ4v) is 3.66. The number of nitrogens with one attached hydrogen (secondary N) is 1. The molecule has 19 heavy (non-hydrogen) atoms. The summed E-state index contributed by atoms with van der Waals surface area (Å²) in [6.07, 6.45) is 0. The van der Waals surface area contributed by atoms with Gasteiger partial charge in [0.05, 0.1) is 6.61 Å². The molecule has 0 radical (unpaired) electrons. The van der Waals surface area contributed by atoms with Crippen molar-refractivity contribution in [2.75, 3.05) is 40.5 Å². The molecule has 0 aliphatic heterocycles. The molecule has 0 aliphatic carbocycles. The second-order valence-electron chi connectivity index (χ2n) is 3.72. The lowest BCUT2D eigenvalue weighted by molar-refractivity contribution is 0.114. The molecule has 0 heterocycles. The monoisotopic (exact) mass is 306 g/mol. The Labute approximate surface area is 122 Å². The van der Waals surface area contributed by atoms with Gasteiger partial charge in [-0.2, -0.15) is 0 Å². The van der Waals surface area contributed by atoms with E-state index in [4.69, 9.17) is 19.0 Å². The molecule has 0 unspecified atom stereocenters. The van der Waals surface area contributed by atoms with Crippen LogP contribution in [0, 0.1) is 0 Å². The summed E-state index contributed by atoms with van der Waals surface area (Å²) in [7, 11) is 0.491. The average Bonchev–Trinajstić information content (AvgIpc) is 2.44. The smallest absolute Gasteiger partial charge is 0.373 e. The largest absolute Gasteiger partial charge is 0.536 e. The molecule has 7 heteroatoms. The van der Waals surface area contributed by atoms with E-state index in [1.807, 2.05) is 30.3 Å². The highest BCUT2D eigenvalue weighted by Gasteiger charge is 2.41. The predicted molar refractivity (Wildman–Crippen MR) is 81.0 cm³/mol. The van der Waals surface area contributed by atoms with Crippen LogP contribution in [0.5, 0.6) is 0 Å². The summed E-state index contributed by atoms with van der Waals surface area (Å²) in [6, 6.07) is 9.78. The Morgan fingerprint density at radius 2 is 1.74 bits per heavy atom. The third kappa shape index (κ3) is 5.58. The van der Waals surface area contributed by atoms with Gasteiger partial charge >= 0.3 is 8.80 Å². The first-order valence-corrected chi connectivity index (χ1v) is 7.72. The first-order valence-electron chi connectivity index (χ1n) is 5.99. The van der Waals surface area contributed by atoms with Gasteiger partial charge in [0.1, 0.15) is 0 Å². The summed E-state index contributed by atoms with van der Waals surface area (Å²) in [6.45, 7) is 2.66. The molecular weight excluding hydrogens is 284 g/mol. The molecule has 5 nitrogen and oxygen atoms in total. The van der Waals surface area contributed by atoms with Gasteiger partial charge in [-0.25, -0.2) is 0 Å². The molecular formula is C12H23ClN2O3Si. The van der Waals surface area contributed by atoms with Crippen LogP contribution in [0.3, 0.4) is 0 Å². The van der Waals surface area contributed by atoms with Gasteiger partial charge in [-0.3, -0.25) is 0 Å². The summed E-state index contributed by atoms with van der Waals surface area (Å²) < 4.78 is 16.9. The predicted octanol–water partition coefficient (Wildman–Crippen LogP) is 0.112. The normalized spacial score (nSPS) is 11.1. The van der Waals surface area contributed by atoms with E-state index in [1.54, 1.807) is 14.2 Å². The molecule has 0 fully saturated rings. The number of hydrogen-bond acceptors (Lipinski definition) is 5. The van der Waals surface area contributed by atoms with Gasteiger partial charge in [0.2, 0.25) is 0 Å². The zero-order chi connectivity index (χ0) is 13.3. The second kappa shape index (κ2) is 10.3. The SMILES string of the molecule is CO[Si](OC)(OCCNCCN)c1ccccc1.Cl. The zero-order valence-electron chi connectivity index (χ0n) is 11.4.